The maximum absolute atomic E-state index is 5.23. The van der Waals surface area contributed by atoms with Crippen molar-refractivity contribution in [1.82, 2.24) is 0 Å². The first kappa shape index (κ1) is 6.76. The van der Waals surface area contributed by atoms with Crippen molar-refractivity contribution in [2.24, 2.45) is 5.73 Å². The second-order valence-electron chi connectivity index (χ2n) is 1.28. The Bertz CT molecular complexity index is 19.5. The van der Waals surface area contributed by atoms with E-state index in [1.54, 1.807) is 0 Å². The molecule has 2 N–H and O–H groups in total. The third kappa shape index (κ3) is 4.76. The molecular formula is C4H11NSn. The average molecular weight is 192 g/mol. The monoisotopic (exact) mass is 193 g/mol. The minimum atomic E-state index is 0.876. The van der Waals surface area contributed by atoms with E-state index in [1.165, 1.54) is 39.8 Å². The molecule has 0 aromatic rings. The van der Waals surface area contributed by atoms with Crippen molar-refractivity contribution in [3.05, 3.63) is 0 Å². The molecule has 0 bridgehead atoms. The van der Waals surface area contributed by atoms with Gasteiger partial charge < -0.3 is 0 Å². The molecule has 6 heavy (non-hydrogen) atoms. The van der Waals surface area contributed by atoms with E-state index in [9.17, 15) is 0 Å². The van der Waals surface area contributed by atoms with Gasteiger partial charge in [-0.1, -0.05) is 0 Å². The number of unbranched alkanes of at least 4 members (excludes halogenated alkanes) is 1. The van der Waals surface area contributed by atoms with Gasteiger partial charge in [0.25, 0.3) is 0 Å². The summed E-state index contributed by atoms with van der Waals surface area (Å²) in [6.07, 6.45) is 2.57. The van der Waals surface area contributed by atoms with Crippen molar-refractivity contribution in [2.75, 3.05) is 6.54 Å². The number of hydrogen-bond donors (Lipinski definition) is 1. The van der Waals surface area contributed by atoms with Crippen LogP contribution in [0, 0.1) is 0 Å². The van der Waals surface area contributed by atoms with Crippen molar-refractivity contribution < 1.29 is 0 Å². The van der Waals surface area contributed by atoms with E-state index in [-0.39, 0.29) is 0 Å². The van der Waals surface area contributed by atoms with Gasteiger partial charge in [0.1, 0.15) is 0 Å². The Balaban J connectivity index is 2.34. The summed E-state index contributed by atoms with van der Waals surface area (Å²) in [6, 6.07) is 0. The predicted octanol–water partition coefficient (Wildman–Crippen LogP) is 0.0444. The van der Waals surface area contributed by atoms with E-state index < -0.39 is 0 Å². The maximum atomic E-state index is 5.23. The van der Waals surface area contributed by atoms with Crippen molar-refractivity contribution in [3.8, 4) is 0 Å². The molecule has 0 aromatic heterocycles. The Morgan fingerprint density at radius 3 is 2.17 bits per heavy atom. The van der Waals surface area contributed by atoms with Crippen molar-refractivity contribution in [1.29, 1.82) is 0 Å². The summed E-state index contributed by atoms with van der Waals surface area (Å²) in [6.45, 7) is 0.876. The van der Waals surface area contributed by atoms with Crippen LogP contribution in [-0.2, 0) is 0 Å². The van der Waals surface area contributed by atoms with Crippen LogP contribution in [0.5, 0.6) is 0 Å². The van der Waals surface area contributed by atoms with Gasteiger partial charge >= 0.3 is 52.1 Å². The third-order valence-corrected chi connectivity index (χ3v) is 1.82. The number of hydrogen-bond acceptors (Lipinski definition) is 1. The van der Waals surface area contributed by atoms with E-state index in [0.717, 1.165) is 6.54 Å². The molecule has 0 aromatic carbocycles. The number of nitrogens with two attached hydrogens (primary N) is 1. The summed E-state index contributed by atoms with van der Waals surface area (Å²) in [7, 11) is 0. The van der Waals surface area contributed by atoms with Crippen LogP contribution in [-0.4, -0.2) is 29.1 Å². The molecule has 0 amide bonds. The topological polar surface area (TPSA) is 26.0 Å². The molecule has 0 atom stereocenters. The van der Waals surface area contributed by atoms with E-state index in [0.29, 0.717) is 0 Å². The summed E-state index contributed by atoms with van der Waals surface area (Å²) in [5.74, 6) is 0. The normalized spacial score (nSPS) is 9.00. The van der Waals surface area contributed by atoms with Crippen LogP contribution in [0.25, 0.3) is 0 Å². The van der Waals surface area contributed by atoms with Gasteiger partial charge in [0.05, 0.1) is 0 Å². The summed E-state index contributed by atoms with van der Waals surface area (Å²) >= 11 is 1.40. The zero-order valence-corrected chi connectivity index (χ0v) is 7.28. The standard InChI is InChI=1S/C4H10N.Sn.H/c1-2-3-4-5;;/h1-5H2;;. The zero-order valence-electron chi connectivity index (χ0n) is 3.98. The fourth-order valence-electron chi connectivity index (χ4n) is 0.289. The van der Waals surface area contributed by atoms with E-state index in [2.05, 4.69) is 0 Å². The molecule has 0 aliphatic rings. The summed E-state index contributed by atoms with van der Waals surface area (Å²) in [4.78, 5) is 0. The van der Waals surface area contributed by atoms with Crippen LogP contribution < -0.4 is 5.73 Å². The zero-order chi connectivity index (χ0) is 4.83. The molecule has 0 aliphatic carbocycles. The van der Waals surface area contributed by atoms with E-state index in [1.807, 2.05) is 0 Å². The van der Waals surface area contributed by atoms with Crippen LogP contribution >= 0.6 is 0 Å². The van der Waals surface area contributed by atoms with Crippen LogP contribution in [0.4, 0.5) is 0 Å². The van der Waals surface area contributed by atoms with Gasteiger partial charge in [0.2, 0.25) is 0 Å². The predicted molar refractivity (Wildman–Crippen MR) is 30.2 cm³/mol. The molecule has 0 fully saturated rings. The molecule has 0 saturated heterocycles. The first-order valence-corrected chi connectivity index (χ1v) is 4.65. The molecule has 0 rings (SSSR count). The Morgan fingerprint density at radius 1 is 1.33 bits per heavy atom. The van der Waals surface area contributed by atoms with Crippen molar-refractivity contribution in [2.45, 2.75) is 17.3 Å². The summed E-state index contributed by atoms with van der Waals surface area (Å²) < 4.78 is 1.40. The quantitative estimate of drug-likeness (QED) is 0.495. The summed E-state index contributed by atoms with van der Waals surface area (Å²) in [5, 5.41) is 0. The van der Waals surface area contributed by atoms with Crippen molar-refractivity contribution >= 4 is 22.5 Å². The van der Waals surface area contributed by atoms with Gasteiger partial charge in [-0.15, -0.1) is 0 Å². The Kier molecular flexibility index (Phi) is 6.49. The SMILES string of the molecule is NCCC[CH2][SnH]. The molecule has 0 unspecified atom stereocenters. The van der Waals surface area contributed by atoms with Gasteiger partial charge in [-0.2, -0.15) is 0 Å². The molecule has 0 spiro atoms. The fourth-order valence-corrected chi connectivity index (χ4v) is 1.11. The van der Waals surface area contributed by atoms with Crippen LogP contribution in [0.15, 0.2) is 0 Å². The molecular weight excluding hydrogens is 181 g/mol. The van der Waals surface area contributed by atoms with Gasteiger partial charge in [0, 0.05) is 0 Å². The Morgan fingerprint density at radius 2 is 2.00 bits per heavy atom. The molecule has 0 saturated carbocycles. The second kappa shape index (κ2) is 5.76. The van der Waals surface area contributed by atoms with Crippen LogP contribution in [0.3, 0.4) is 0 Å². The van der Waals surface area contributed by atoms with Gasteiger partial charge in [-0.3, -0.25) is 0 Å². The van der Waals surface area contributed by atoms with Gasteiger partial charge in [-0.25, -0.2) is 0 Å². The van der Waals surface area contributed by atoms with Crippen molar-refractivity contribution in [3.63, 3.8) is 0 Å². The molecule has 36 valence electrons. The molecule has 1 nitrogen and oxygen atoms in total. The minimum absolute atomic E-state index is 0.876. The number of rotatable bonds is 3. The Hall–Kier alpha value is 0.759. The molecule has 2 radical (unpaired) electrons. The average Bonchev–Trinajstić information content (AvgIpc) is 1.61. The molecule has 0 aliphatic heterocycles. The van der Waals surface area contributed by atoms with Gasteiger partial charge in [-0.05, 0) is 0 Å². The van der Waals surface area contributed by atoms with Crippen LogP contribution in [0.2, 0.25) is 4.44 Å². The second-order valence-corrected chi connectivity index (χ2v) is 2.93. The van der Waals surface area contributed by atoms with Crippen LogP contribution in [0.1, 0.15) is 12.8 Å². The third-order valence-electron chi connectivity index (χ3n) is 0.658. The Labute approximate surface area is 52.4 Å². The van der Waals surface area contributed by atoms with E-state index >= 15 is 0 Å². The first-order chi connectivity index (χ1) is 2.91. The molecule has 2 heteroatoms. The fraction of sp³-hybridized carbons (Fsp3) is 1.00. The summed E-state index contributed by atoms with van der Waals surface area (Å²) in [5.41, 5.74) is 5.23. The van der Waals surface area contributed by atoms with Gasteiger partial charge in [0.15, 0.2) is 0 Å². The van der Waals surface area contributed by atoms with E-state index in [4.69, 9.17) is 5.73 Å². The molecule has 0 heterocycles. The first-order valence-electron chi connectivity index (χ1n) is 2.32.